The summed E-state index contributed by atoms with van der Waals surface area (Å²) in [6.45, 7) is 0. The molecule has 3 rings (SSSR count). The lowest BCUT2D eigenvalue weighted by Crippen LogP contribution is -2.42. The summed E-state index contributed by atoms with van der Waals surface area (Å²) in [6.07, 6.45) is 4.47. The summed E-state index contributed by atoms with van der Waals surface area (Å²) < 4.78 is 0. The molecule has 2 aromatic rings. The number of nitro benzene ring substituents is 1. The van der Waals surface area contributed by atoms with Gasteiger partial charge in [-0.3, -0.25) is 10.1 Å². The van der Waals surface area contributed by atoms with Crippen LogP contribution in [0.1, 0.15) is 25.7 Å². The van der Waals surface area contributed by atoms with Gasteiger partial charge in [0.15, 0.2) is 0 Å². The number of nitro groups is 1. The molecule has 0 amide bonds. The minimum Gasteiger partial charge on any atom is -0.366 e. The second-order valence-corrected chi connectivity index (χ2v) is 5.53. The minimum atomic E-state index is -0.396. The van der Waals surface area contributed by atoms with Gasteiger partial charge in [0.05, 0.1) is 10.4 Å². The third kappa shape index (κ3) is 2.95. The molecule has 0 bridgehead atoms. The zero-order valence-corrected chi connectivity index (χ0v) is 11.7. The molecule has 1 fully saturated rings. The van der Waals surface area contributed by atoms with E-state index in [1.54, 1.807) is 12.1 Å². The molecular formula is C15H18N4O2. The van der Waals surface area contributed by atoms with Crippen LogP contribution in [-0.4, -0.2) is 22.0 Å². The highest BCUT2D eigenvalue weighted by molar-refractivity contribution is 5.82. The highest BCUT2D eigenvalue weighted by Gasteiger charge is 2.21. The maximum absolute atomic E-state index is 10.8. The number of nitrogens with zero attached hydrogens (tertiary/aromatic N) is 2. The Labute approximate surface area is 122 Å². The largest absolute Gasteiger partial charge is 0.366 e. The Morgan fingerprint density at radius 1 is 1.24 bits per heavy atom. The van der Waals surface area contributed by atoms with Crippen molar-refractivity contribution in [1.29, 1.82) is 0 Å². The van der Waals surface area contributed by atoms with Crippen LogP contribution in [0.3, 0.4) is 0 Å². The van der Waals surface area contributed by atoms with Crippen molar-refractivity contribution in [2.45, 2.75) is 37.8 Å². The van der Waals surface area contributed by atoms with Gasteiger partial charge < -0.3 is 11.1 Å². The topological polar surface area (TPSA) is 94.1 Å². The van der Waals surface area contributed by atoms with Crippen LogP contribution in [-0.2, 0) is 0 Å². The molecule has 1 saturated carbocycles. The third-order valence-corrected chi connectivity index (χ3v) is 4.04. The van der Waals surface area contributed by atoms with Crippen LogP contribution in [0.4, 0.5) is 11.5 Å². The zero-order chi connectivity index (χ0) is 14.8. The second kappa shape index (κ2) is 5.65. The summed E-state index contributed by atoms with van der Waals surface area (Å²) in [6, 6.07) is 8.82. The summed E-state index contributed by atoms with van der Waals surface area (Å²) in [5, 5.41) is 14.9. The van der Waals surface area contributed by atoms with E-state index in [0.717, 1.165) is 29.6 Å². The van der Waals surface area contributed by atoms with E-state index in [-0.39, 0.29) is 17.8 Å². The molecule has 1 aliphatic carbocycles. The van der Waals surface area contributed by atoms with Crippen molar-refractivity contribution in [3.8, 4) is 0 Å². The smallest absolute Gasteiger partial charge is 0.270 e. The van der Waals surface area contributed by atoms with Crippen LogP contribution in [0.5, 0.6) is 0 Å². The first-order chi connectivity index (χ1) is 10.1. The Hall–Kier alpha value is -2.21. The fourth-order valence-electron chi connectivity index (χ4n) is 2.84. The van der Waals surface area contributed by atoms with Crippen LogP contribution in [0, 0.1) is 10.1 Å². The Kier molecular flexibility index (Phi) is 3.70. The Balaban J connectivity index is 1.84. The van der Waals surface area contributed by atoms with Gasteiger partial charge in [-0.1, -0.05) is 12.8 Å². The van der Waals surface area contributed by atoms with Crippen molar-refractivity contribution < 1.29 is 4.92 Å². The predicted octanol–water partition coefficient (Wildman–Crippen LogP) is 2.82. The van der Waals surface area contributed by atoms with Gasteiger partial charge in [-0.25, -0.2) is 4.98 Å². The molecule has 0 radical (unpaired) electrons. The average Bonchev–Trinajstić information content (AvgIpc) is 2.49. The van der Waals surface area contributed by atoms with Gasteiger partial charge in [-0.2, -0.15) is 0 Å². The maximum atomic E-state index is 10.8. The molecule has 1 aromatic carbocycles. The van der Waals surface area contributed by atoms with E-state index in [9.17, 15) is 10.1 Å². The maximum Gasteiger partial charge on any atom is 0.270 e. The summed E-state index contributed by atoms with van der Waals surface area (Å²) in [7, 11) is 0. The number of aromatic nitrogens is 1. The zero-order valence-electron chi connectivity index (χ0n) is 11.7. The van der Waals surface area contributed by atoms with Gasteiger partial charge in [0.1, 0.15) is 5.82 Å². The number of pyridine rings is 1. The van der Waals surface area contributed by atoms with Gasteiger partial charge in [0.25, 0.3) is 5.69 Å². The van der Waals surface area contributed by atoms with Crippen molar-refractivity contribution in [2.75, 3.05) is 5.32 Å². The molecule has 0 aliphatic heterocycles. The Morgan fingerprint density at radius 2 is 2.05 bits per heavy atom. The number of non-ortho nitro benzene ring substituents is 1. The van der Waals surface area contributed by atoms with E-state index in [4.69, 9.17) is 5.73 Å². The number of rotatable bonds is 3. The first-order valence-electron chi connectivity index (χ1n) is 7.21. The van der Waals surface area contributed by atoms with Gasteiger partial charge >= 0.3 is 0 Å². The van der Waals surface area contributed by atoms with Crippen LogP contribution >= 0.6 is 0 Å². The van der Waals surface area contributed by atoms with Gasteiger partial charge in [0.2, 0.25) is 0 Å². The first-order valence-corrected chi connectivity index (χ1v) is 7.21. The van der Waals surface area contributed by atoms with Crippen molar-refractivity contribution in [3.05, 3.63) is 40.4 Å². The predicted molar refractivity (Wildman–Crippen MR) is 82.3 cm³/mol. The molecule has 1 aliphatic rings. The number of nitrogens with two attached hydrogens (primary N) is 1. The number of anilines is 1. The molecule has 21 heavy (non-hydrogen) atoms. The Morgan fingerprint density at radius 3 is 2.81 bits per heavy atom. The van der Waals surface area contributed by atoms with Crippen molar-refractivity contribution in [3.63, 3.8) is 0 Å². The molecule has 0 unspecified atom stereocenters. The van der Waals surface area contributed by atoms with Gasteiger partial charge in [0, 0.05) is 29.6 Å². The highest BCUT2D eigenvalue weighted by Crippen LogP contribution is 2.24. The fourth-order valence-corrected chi connectivity index (χ4v) is 2.84. The summed E-state index contributed by atoms with van der Waals surface area (Å²) in [5.74, 6) is 0.777. The van der Waals surface area contributed by atoms with E-state index in [0.29, 0.717) is 0 Å². The van der Waals surface area contributed by atoms with Crippen LogP contribution < -0.4 is 11.1 Å². The van der Waals surface area contributed by atoms with Crippen LogP contribution in [0.2, 0.25) is 0 Å². The molecular weight excluding hydrogens is 268 g/mol. The molecule has 1 aromatic heterocycles. The molecule has 3 N–H and O–H groups in total. The second-order valence-electron chi connectivity index (χ2n) is 5.53. The van der Waals surface area contributed by atoms with Crippen molar-refractivity contribution in [2.24, 2.45) is 5.73 Å². The first kappa shape index (κ1) is 13.8. The molecule has 6 nitrogen and oxygen atoms in total. The number of hydrogen-bond donors (Lipinski definition) is 2. The number of benzene rings is 1. The van der Waals surface area contributed by atoms with Gasteiger partial charge in [-0.05, 0) is 31.0 Å². The summed E-state index contributed by atoms with van der Waals surface area (Å²) in [4.78, 5) is 14.9. The lowest BCUT2D eigenvalue weighted by Gasteiger charge is -2.29. The van der Waals surface area contributed by atoms with E-state index in [2.05, 4.69) is 10.3 Å². The SMILES string of the molecule is N[C@@H]1CCCC[C@H]1Nc1ccc2cc([N+](=O)[O-])ccc2n1. The third-order valence-electron chi connectivity index (χ3n) is 4.04. The molecule has 2 atom stereocenters. The van der Waals surface area contributed by atoms with Gasteiger partial charge in [-0.15, -0.1) is 0 Å². The van der Waals surface area contributed by atoms with Crippen LogP contribution in [0.15, 0.2) is 30.3 Å². The van der Waals surface area contributed by atoms with E-state index in [1.807, 2.05) is 12.1 Å². The summed E-state index contributed by atoms with van der Waals surface area (Å²) in [5.41, 5.74) is 6.96. The molecule has 0 saturated heterocycles. The average molecular weight is 286 g/mol. The van der Waals surface area contributed by atoms with E-state index >= 15 is 0 Å². The van der Waals surface area contributed by atoms with E-state index < -0.39 is 4.92 Å². The minimum absolute atomic E-state index is 0.0827. The lowest BCUT2D eigenvalue weighted by molar-refractivity contribution is -0.384. The Bertz CT molecular complexity index is 674. The highest BCUT2D eigenvalue weighted by atomic mass is 16.6. The van der Waals surface area contributed by atoms with Crippen LogP contribution in [0.25, 0.3) is 10.9 Å². The standard InChI is InChI=1S/C15H18N4O2/c16-12-3-1-2-4-14(12)18-15-8-5-10-9-11(19(20)21)6-7-13(10)17-15/h5-9,12,14H,1-4,16H2,(H,17,18)/t12-,14-/m1/s1. The fraction of sp³-hybridized carbons (Fsp3) is 0.400. The molecule has 1 heterocycles. The molecule has 110 valence electrons. The quantitative estimate of drug-likeness (QED) is 0.668. The summed E-state index contributed by atoms with van der Waals surface area (Å²) >= 11 is 0. The van der Waals surface area contributed by atoms with Crippen molar-refractivity contribution in [1.82, 2.24) is 4.98 Å². The van der Waals surface area contributed by atoms with Crippen molar-refractivity contribution >= 4 is 22.4 Å². The number of nitrogens with one attached hydrogen (secondary N) is 1. The number of fused-ring (bicyclic) bond motifs is 1. The van der Waals surface area contributed by atoms with E-state index in [1.165, 1.54) is 18.9 Å². The lowest BCUT2D eigenvalue weighted by atomic mass is 9.91. The number of hydrogen-bond acceptors (Lipinski definition) is 5. The molecule has 6 heteroatoms. The molecule has 0 spiro atoms. The monoisotopic (exact) mass is 286 g/mol. The normalized spacial score (nSPS) is 22.1.